The van der Waals surface area contributed by atoms with Crippen molar-refractivity contribution in [1.29, 1.82) is 0 Å². The number of imide groups is 2. The van der Waals surface area contributed by atoms with Gasteiger partial charge in [0, 0.05) is 56.6 Å². The number of amides is 4. The number of benzene rings is 1. The summed E-state index contributed by atoms with van der Waals surface area (Å²) in [4.78, 5) is 70.9. The monoisotopic (exact) mass is 619 g/mol. The summed E-state index contributed by atoms with van der Waals surface area (Å²) in [5.74, 6) is -1.34. The number of aliphatic imine (C=N–C) groups is 1. The number of likely N-dealkylation sites (tertiary alicyclic amines) is 1. The lowest BCUT2D eigenvalue weighted by atomic mass is 9.85. The lowest BCUT2D eigenvalue weighted by Crippen LogP contribution is -2.54. The number of rotatable bonds is 11. The summed E-state index contributed by atoms with van der Waals surface area (Å²) in [5.41, 5.74) is 0.697. The topological polar surface area (TPSA) is 149 Å². The van der Waals surface area contributed by atoms with Crippen molar-refractivity contribution in [3.8, 4) is 5.75 Å². The molecule has 1 atom stereocenters. The van der Waals surface area contributed by atoms with Crippen LogP contribution in [0.4, 0.5) is 0 Å². The molecule has 5 rings (SSSR count). The Morgan fingerprint density at radius 3 is 2.42 bits per heavy atom. The molecule has 1 aromatic rings. The van der Waals surface area contributed by atoms with E-state index in [1.165, 1.54) is 0 Å². The quantitative estimate of drug-likeness (QED) is 0.165. The molecule has 0 bridgehead atoms. The summed E-state index contributed by atoms with van der Waals surface area (Å²) in [6.07, 6.45) is 7.17. The number of nitrogens with zero attached hydrogens (tertiary/aromatic N) is 4. The van der Waals surface area contributed by atoms with E-state index in [0.29, 0.717) is 29.6 Å². The Morgan fingerprint density at radius 2 is 1.80 bits per heavy atom. The molecular formula is C33H41N5O7. The van der Waals surface area contributed by atoms with Crippen molar-refractivity contribution in [3.63, 3.8) is 0 Å². The number of carboxylic acids is 1. The lowest BCUT2D eigenvalue weighted by molar-refractivity contribution is -0.136. The van der Waals surface area contributed by atoms with Crippen molar-refractivity contribution < 1.29 is 33.8 Å². The number of carbonyl (C=O) groups is 5. The minimum Gasteiger partial charge on any atom is -0.490 e. The van der Waals surface area contributed by atoms with E-state index in [1.54, 1.807) is 37.3 Å². The molecule has 4 aliphatic rings. The fourth-order valence-corrected chi connectivity index (χ4v) is 6.57. The van der Waals surface area contributed by atoms with Gasteiger partial charge in [0.25, 0.3) is 11.8 Å². The first-order chi connectivity index (χ1) is 21.5. The number of piperidine rings is 2. The molecule has 2 N–H and O–H groups in total. The molecule has 1 saturated carbocycles. The van der Waals surface area contributed by atoms with Crippen molar-refractivity contribution in [2.75, 3.05) is 19.6 Å². The van der Waals surface area contributed by atoms with Gasteiger partial charge in [-0.25, -0.2) is 9.79 Å². The van der Waals surface area contributed by atoms with Crippen molar-refractivity contribution in [3.05, 3.63) is 52.9 Å². The van der Waals surface area contributed by atoms with Crippen LogP contribution in [-0.2, 0) is 14.4 Å². The highest BCUT2D eigenvalue weighted by molar-refractivity contribution is 6.23. The zero-order valence-electron chi connectivity index (χ0n) is 26.0. The third-order valence-electron chi connectivity index (χ3n) is 9.31. The average molecular weight is 620 g/mol. The van der Waals surface area contributed by atoms with Gasteiger partial charge >= 0.3 is 5.97 Å². The fourth-order valence-electron chi connectivity index (χ4n) is 6.57. The van der Waals surface area contributed by atoms with Gasteiger partial charge in [-0.15, -0.1) is 0 Å². The van der Waals surface area contributed by atoms with Crippen LogP contribution in [-0.4, -0.2) is 100.0 Å². The third kappa shape index (κ3) is 6.85. The Morgan fingerprint density at radius 1 is 1.11 bits per heavy atom. The normalized spacial score (nSPS) is 24.6. The van der Waals surface area contributed by atoms with Crippen LogP contribution in [0.25, 0.3) is 0 Å². The van der Waals surface area contributed by atoms with Gasteiger partial charge in [-0.1, -0.05) is 0 Å². The minimum atomic E-state index is -0.997. The molecule has 12 nitrogen and oxygen atoms in total. The number of nitrogens with one attached hydrogen (secondary N) is 1. The standard InChI is InChI=1S/C33H41N5O7/c1-19(2)37(18-21-11-13-36(14-12-21)28(34-4)9-5-20(3)33(43)44)22-15-24(16-22)45-23-6-7-25-26(17-23)32(42)38(31(25)41)27-8-10-29(39)35-30(27)40/h5-7,9,17,19,21-22,24,27H,4,8,10-16,18H2,1-3H3,(H,43,44)(H,35,39,40)/b20-5+,28-9+. The summed E-state index contributed by atoms with van der Waals surface area (Å²) in [5, 5.41) is 11.3. The van der Waals surface area contributed by atoms with Crippen molar-refractivity contribution >= 4 is 36.3 Å². The molecule has 3 aliphatic heterocycles. The number of ether oxygens (including phenoxy) is 1. The van der Waals surface area contributed by atoms with Gasteiger partial charge < -0.3 is 14.7 Å². The van der Waals surface area contributed by atoms with Crippen LogP contribution in [0, 0.1) is 5.92 Å². The summed E-state index contributed by atoms with van der Waals surface area (Å²) in [6, 6.07) is 4.60. The molecule has 1 unspecified atom stereocenters. The number of aliphatic carboxylic acids is 1. The predicted octanol–water partition coefficient (Wildman–Crippen LogP) is 2.99. The number of fused-ring (bicyclic) bond motifs is 1. The molecule has 4 amide bonds. The molecule has 3 fully saturated rings. The van der Waals surface area contributed by atoms with Crippen LogP contribution < -0.4 is 10.1 Å². The van der Waals surface area contributed by atoms with Gasteiger partial charge in [0.15, 0.2) is 0 Å². The fraction of sp³-hybridized carbons (Fsp3) is 0.515. The van der Waals surface area contributed by atoms with Gasteiger partial charge in [-0.05, 0) is 83.0 Å². The summed E-state index contributed by atoms with van der Waals surface area (Å²) < 4.78 is 6.23. The molecule has 0 spiro atoms. The van der Waals surface area contributed by atoms with Crippen LogP contribution in [0.3, 0.4) is 0 Å². The highest BCUT2D eigenvalue weighted by atomic mass is 16.5. The van der Waals surface area contributed by atoms with Gasteiger partial charge in [-0.3, -0.25) is 34.3 Å². The van der Waals surface area contributed by atoms with E-state index in [0.717, 1.165) is 50.2 Å². The van der Waals surface area contributed by atoms with Crippen molar-refractivity contribution in [2.45, 2.75) is 83.5 Å². The van der Waals surface area contributed by atoms with E-state index in [2.05, 4.69) is 40.7 Å². The Bertz CT molecular complexity index is 1450. The van der Waals surface area contributed by atoms with E-state index in [4.69, 9.17) is 9.84 Å². The molecule has 0 aromatic heterocycles. The van der Waals surface area contributed by atoms with E-state index < -0.39 is 35.6 Å². The third-order valence-corrected chi connectivity index (χ3v) is 9.31. The first-order valence-corrected chi connectivity index (χ1v) is 15.6. The highest BCUT2D eigenvalue weighted by Gasteiger charge is 2.45. The summed E-state index contributed by atoms with van der Waals surface area (Å²) >= 11 is 0. The number of hydrogen-bond acceptors (Lipinski definition) is 9. The maximum Gasteiger partial charge on any atom is 0.331 e. The Kier molecular flexibility index (Phi) is 9.52. The van der Waals surface area contributed by atoms with E-state index >= 15 is 0 Å². The summed E-state index contributed by atoms with van der Waals surface area (Å²) in [6.45, 7) is 12.3. The van der Waals surface area contributed by atoms with Crippen LogP contribution >= 0.6 is 0 Å². The zero-order valence-corrected chi connectivity index (χ0v) is 26.0. The van der Waals surface area contributed by atoms with Crippen LogP contribution in [0.15, 0.2) is 46.7 Å². The van der Waals surface area contributed by atoms with Gasteiger partial charge in [0.1, 0.15) is 23.7 Å². The molecule has 240 valence electrons. The average Bonchev–Trinajstić information content (AvgIpc) is 3.23. The lowest BCUT2D eigenvalue weighted by Gasteiger charge is -2.46. The van der Waals surface area contributed by atoms with E-state index in [9.17, 15) is 24.0 Å². The van der Waals surface area contributed by atoms with Crippen LogP contribution in [0.2, 0.25) is 0 Å². The van der Waals surface area contributed by atoms with Gasteiger partial charge in [0.05, 0.1) is 11.1 Å². The number of allylic oxidation sites excluding steroid dienone is 2. The number of carboxylic acid groups (broad SMARTS) is 1. The molecule has 3 heterocycles. The Balaban J connectivity index is 1.13. The Hall–Kier alpha value is -4.32. The SMILES string of the molecule is C=N/C(=C\C=C(/C)C(=O)O)N1CCC(CN(C(C)C)C2CC(Oc3ccc4c(c3)C(=O)N(C3CCC(=O)NC3=O)C4=O)C2)CC1. The second kappa shape index (κ2) is 13.4. The highest BCUT2D eigenvalue weighted by Crippen LogP contribution is 2.35. The van der Waals surface area contributed by atoms with Crippen LogP contribution in [0.5, 0.6) is 5.75 Å². The largest absolute Gasteiger partial charge is 0.490 e. The second-order valence-electron chi connectivity index (χ2n) is 12.6. The maximum absolute atomic E-state index is 13.2. The first-order valence-electron chi connectivity index (χ1n) is 15.6. The van der Waals surface area contributed by atoms with E-state index in [1.807, 2.05) is 0 Å². The predicted molar refractivity (Wildman–Crippen MR) is 166 cm³/mol. The van der Waals surface area contributed by atoms with Crippen molar-refractivity contribution in [1.82, 2.24) is 20.0 Å². The van der Waals surface area contributed by atoms with Gasteiger partial charge in [-0.2, -0.15) is 0 Å². The van der Waals surface area contributed by atoms with E-state index in [-0.39, 0.29) is 35.6 Å². The molecule has 2 saturated heterocycles. The zero-order chi connectivity index (χ0) is 32.4. The summed E-state index contributed by atoms with van der Waals surface area (Å²) in [7, 11) is 0. The van der Waals surface area contributed by atoms with Crippen molar-refractivity contribution in [2.24, 2.45) is 10.9 Å². The molecular weight excluding hydrogens is 578 g/mol. The van der Waals surface area contributed by atoms with Crippen LogP contribution in [0.1, 0.15) is 80.0 Å². The Labute approximate surface area is 262 Å². The minimum absolute atomic E-state index is 0.0109. The maximum atomic E-state index is 13.2. The first kappa shape index (κ1) is 32.1. The number of carbonyl (C=O) groups excluding carboxylic acids is 4. The smallest absolute Gasteiger partial charge is 0.331 e. The molecule has 12 heteroatoms. The molecule has 45 heavy (non-hydrogen) atoms. The molecule has 0 radical (unpaired) electrons. The molecule has 1 aromatic carbocycles. The number of hydrogen-bond donors (Lipinski definition) is 2. The molecule has 1 aliphatic carbocycles. The van der Waals surface area contributed by atoms with Gasteiger partial charge in [0.2, 0.25) is 11.8 Å². The second-order valence-corrected chi connectivity index (χ2v) is 12.6.